The SMILES string of the molecule is CCc1ccc(/C=C2/C(=N)N3N=C(N4CCCCC4)SC3=NC2=O)cc1. The van der Waals surface area contributed by atoms with Crippen LogP contribution in [0.3, 0.4) is 0 Å². The normalized spacial score (nSPS) is 21.8. The number of hydrogen-bond acceptors (Lipinski definition) is 5. The molecule has 1 N–H and O–H groups in total. The number of carbonyl (C=O) groups is 1. The zero-order chi connectivity index (χ0) is 18.1. The molecule has 3 aliphatic heterocycles. The molecule has 26 heavy (non-hydrogen) atoms. The summed E-state index contributed by atoms with van der Waals surface area (Å²) in [6.45, 7) is 4.05. The third-order valence-electron chi connectivity index (χ3n) is 4.77. The summed E-state index contributed by atoms with van der Waals surface area (Å²) >= 11 is 1.38. The highest BCUT2D eigenvalue weighted by molar-refractivity contribution is 8.26. The number of nitrogens with zero attached hydrogens (tertiary/aromatic N) is 4. The van der Waals surface area contributed by atoms with E-state index in [1.54, 1.807) is 6.08 Å². The zero-order valence-electron chi connectivity index (χ0n) is 14.7. The van der Waals surface area contributed by atoms with Crippen LogP contribution in [0.25, 0.3) is 6.08 Å². The molecule has 0 spiro atoms. The number of carbonyl (C=O) groups excluding carboxylic acids is 1. The van der Waals surface area contributed by atoms with Crippen LogP contribution in [0.15, 0.2) is 39.9 Å². The van der Waals surface area contributed by atoms with Crippen LogP contribution in [0.2, 0.25) is 0 Å². The molecule has 0 bridgehead atoms. The number of fused-ring (bicyclic) bond motifs is 1. The Kier molecular flexibility index (Phi) is 4.63. The number of likely N-dealkylation sites (tertiary alicyclic amines) is 1. The molecule has 1 fully saturated rings. The van der Waals surface area contributed by atoms with Crippen molar-refractivity contribution in [3.05, 3.63) is 41.0 Å². The summed E-state index contributed by atoms with van der Waals surface area (Å²) in [6, 6.07) is 8.01. The van der Waals surface area contributed by atoms with Crippen LogP contribution >= 0.6 is 11.8 Å². The van der Waals surface area contributed by atoms with E-state index in [4.69, 9.17) is 5.41 Å². The van der Waals surface area contributed by atoms with Gasteiger partial charge in [-0.05, 0) is 54.6 Å². The van der Waals surface area contributed by atoms with Gasteiger partial charge in [0.1, 0.15) is 0 Å². The van der Waals surface area contributed by atoms with E-state index in [9.17, 15) is 4.79 Å². The van der Waals surface area contributed by atoms with Crippen LogP contribution in [0.1, 0.15) is 37.3 Å². The van der Waals surface area contributed by atoms with E-state index >= 15 is 0 Å². The Morgan fingerprint density at radius 1 is 1.15 bits per heavy atom. The number of nitrogens with one attached hydrogen (secondary N) is 1. The second-order valence-electron chi connectivity index (χ2n) is 6.55. The van der Waals surface area contributed by atoms with Crippen LogP contribution in [0, 0.1) is 5.41 Å². The Hall–Kier alpha value is -2.41. The van der Waals surface area contributed by atoms with E-state index in [0.29, 0.717) is 5.17 Å². The minimum absolute atomic E-state index is 0.0964. The standard InChI is InChI=1S/C19H21N5OS/c1-2-13-6-8-14(9-7-13)12-15-16(20)24-18(21-17(15)25)26-19(22-24)23-10-4-3-5-11-23/h6-9,12,20H,2-5,10-11H2,1H3/b15-12-,20-16?. The number of rotatable bonds is 2. The average Bonchev–Trinajstić information content (AvgIpc) is 3.10. The number of aliphatic imine (C=N–C) groups is 1. The Labute approximate surface area is 157 Å². The zero-order valence-corrected chi connectivity index (χ0v) is 15.6. The van der Waals surface area contributed by atoms with Crippen LogP contribution in [0.4, 0.5) is 0 Å². The molecular weight excluding hydrogens is 346 g/mol. The second-order valence-corrected chi connectivity index (χ2v) is 7.48. The molecule has 1 saturated heterocycles. The van der Waals surface area contributed by atoms with Crippen molar-refractivity contribution in [3.63, 3.8) is 0 Å². The number of hydrogen-bond donors (Lipinski definition) is 1. The first-order valence-corrected chi connectivity index (χ1v) is 9.81. The summed E-state index contributed by atoms with van der Waals surface area (Å²) in [6.07, 6.45) is 6.25. The lowest BCUT2D eigenvalue weighted by Gasteiger charge is -2.26. The highest BCUT2D eigenvalue weighted by Gasteiger charge is 2.37. The summed E-state index contributed by atoms with van der Waals surface area (Å²) in [5.74, 6) is -0.275. The van der Waals surface area contributed by atoms with E-state index in [1.807, 2.05) is 24.3 Å². The van der Waals surface area contributed by atoms with Crippen molar-refractivity contribution in [2.75, 3.05) is 13.1 Å². The first kappa shape index (κ1) is 17.0. The molecule has 0 aliphatic carbocycles. The maximum absolute atomic E-state index is 12.5. The number of aryl methyl sites for hydroxylation is 1. The minimum atomic E-state index is -0.372. The summed E-state index contributed by atoms with van der Waals surface area (Å²) in [7, 11) is 0. The molecule has 134 valence electrons. The molecule has 3 heterocycles. The van der Waals surface area contributed by atoms with Crippen molar-refractivity contribution in [2.45, 2.75) is 32.6 Å². The Morgan fingerprint density at radius 2 is 1.88 bits per heavy atom. The van der Waals surface area contributed by atoms with Crippen LogP contribution in [-0.2, 0) is 11.2 Å². The van der Waals surface area contributed by atoms with Gasteiger partial charge in [-0.15, -0.1) is 5.10 Å². The Balaban J connectivity index is 1.60. The third-order valence-corrected chi connectivity index (χ3v) is 5.74. The van der Waals surface area contributed by atoms with E-state index in [-0.39, 0.29) is 17.3 Å². The summed E-state index contributed by atoms with van der Waals surface area (Å²) in [5, 5.41) is 15.8. The average molecular weight is 367 g/mol. The van der Waals surface area contributed by atoms with E-state index in [2.05, 4.69) is 21.9 Å². The molecule has 0 radical (unpaired) electrons. The molecule has 0 atom stereocenters. The molecule has 1 amide bonds. The number of thioether (sulfide) groups is 1. The first-order chi connectivity index (χ1) is 12.7. The predicted octanol–water partition coefficient (Wildman–Crippen LogP) is 3.31. The lowest BCUT2D eigenvalue weighted by atomic mass is 10.1. The molecular formula is C19H21N5OS. The van der Waals surface area contributed by atoms with Gasteiger partial charge < -0.3 is 4.90 Å². The smallest absolute Gasteiger partial charge is 0.283 e. The van der Waals surface area contributed by atoms with Crippen molar-refractivity contribution in [1.29, 1.82) is 5.41 Å². The quantitative estimate of drug-likeness (QED) is 0.814. The van der Waals surface area contributed by atoms with E-state index in [1.165, 1.54) is 28.8 Å². The summed E-state index contributed by atoms with van der Waals surface area (Å²) in [4.78, 5) is 18.8. The first-order valence-electron chi connectivity index (χ1n) is 9.00. The molecule has 1 aromatic carbocycles. The van der Waals surface area contributed by atoms with Crippen molar-refractivity contribution in [1.82, 2.24) is 9.91 Å². The van der Waals surface area contributed by atoms with Gasteiger partial charge >= 0.3 is 0 Å². The van der Waals surface area contributed by atoms with Gasteiger partial charge in [0.15, 0.2) is 11.0 Å². The van der Waals surface area contributed by atoms with Gasteiger partial charge in [0.25, 0.3) is 5.91 Å². The molecule has 3 aliphatic rings. The van der Waals surface area contributed by atoms with Crippen LogP contribution in [-0.4, -0.2) is 45.1 Å². The van der Waals surface area contributed by atoms with Crippen molar-refractivity contribution in [3.8, 4) is 0 Å². The lowest BCUT2D eigenvalue weighted by Crippen LogP contribution is -2.35. The number of hydrazone groups is 1. The maximum atomic E-state index is 12.5. The Bertz CT molecular complexity index is 834. The number of amidine groups is 3. The van der Waals surface area contributed by atoms with Gasteiger partial charge in [-0.25, -0.2) is 0 Å². The molecule has 4 rings (SSSR count). The van der Waals surface area contributed by atoms with Gasteiger partial charge in [-0.3, -0.25) is 10.2 Å². The van der Waals surface area contributed by atoms with Gasteiger partial charge in [0.05, 0.1) is 5.57 Å². The number of amides is 1. The lowest BCUT2D eigenvalue weighted by molar-refractivity contribution is -0.114. The number of benzene rings is 1. The second kappa shape index (κ2) is 7.07. The highest BCUT2D eigenvalue weighted by atomic mass is 32.2. The van der Waals surface area contributed by atoms with Crippen molar-refractivity contribution in [2.24, 2.45) is 10.1 Å². The fourth-order valence-corrected chi connectivity index (χ4v) is 4.16. The van der Waals surface area contributed by atoms with Gasteiger partial charge in [-0.2, -0.15) is 10.0 Å². The van der Waals surface area contributed by atoms with Crippen LogP contribution in [0.5, 0.6) is 0 Å². The van der Waals surface area contributed by atoms with E-state index < -0.39 is 0 Å². The predicted molar refractivity (Wildman–Crippen MR) is 106 cm³/mol. The topological polar surface area (TPSA) is 72.1 Å². The Morgan fingerprint density at radius 3 is 2.58 bits per heavy atom. The molecule has 6 nitrogen and oxygen atoms in total. The molecule has 7 heteroatoms. The maximum Gasteiger partial charge on any atom is 0.283 e. The summed E-state index contributed by atoms with van der Waals surface area (Å²) < 4.78 is 0. The van der Waals surface area contributed by atoms with E-state index in [0.717, 1.165) is 43.1 Å². The fourth-order valence-electron chi connectivity index (χ4n) is 3.21. The molecule has 0 aromatic heterocycles. The molecule has 0 unspecified atom stereocenters. The largest absolute Gasteiger partial charge is 0.349 e. The van der Waals surface area contributed by atoms with Gasteiger partial charge in [-0.1, -0.05) is 31.2 Å². The highest BCUT2D eigenvalue weighted by Crippen LogP contribution is 2.30. The van der Waals surface area contributed by atoms with Crippen LogP contribution < -0.4 is 0 Å². The number of piperidine rings is 1. The monoisotopic (exact) mass is 367 g/mol. The molecule has 1 aromatic rings. The fraction of sp³-hybridized carbons (Fsp3) is 0.368. The van der Waals surface area contributed by atoms with Gasteiger partial charge in [0.2, 0.25) is 5.17 Å². The van der Waals surface area contributed by atoms with Crippen molar-refractivity contribution < 1.29 is 4.79 Å². The summed E-state index contributed by atoms with van der Waals surface area (Å²) in [5.41, 5.74) is 2.41. The van der Waals surface area contributed by atoms with Crippen molar-refractivity contribution >= 4 is 39.9 Å². The third kappa shape index (κ3) is 3.19. The minimum Gasteiger partial charge on any atom is -0.349 e. The molecule has 0 saturated carbocycles. The van der Waals surface area contributed by atoms with Gasteiger partial charge in [0, 0.05) is 13.1 Å².